The lowest BCUT2D eigenvalue weighted by Gasteiger charge is -2.22. The maximum Gasteiger partial charge on any atom is 0.323 e. The zero-order valence-corrected chi connectivity index (χ0v) is 13.0. The summed E-state index contributed by atoms with van der Waals surface area (Å²) in [5.41, 5.74) is 0.992. The second-order valence-corrected chi connectivity index (χ2v) is 5.47. The third-order valence-electron chi connectivity index (χ3n) is 3.91. The quantitative estimate of drug-likeness (QED) is 0.723. The van der Waals surface area contributed by atoms with Crippen molar-refractivity contribution in [1.82, 2.24) is 4.90 Å². The van der Waals surface area contributed by atoms with Gasteiger partial charge in [-0.3, -0.25) is 14.5 Å². The Morgan fingerprint density at radius 1 is 1.27 bits per heavy atom. The summed E-state index contributed by atoms with van der Waals surface area (Å²) in [6.45, 7) is 1.92. The van der Waals surface area contributed by atoms with Crippen molar-refractivity contribution >= 4 is 11.9 Å². The molecule has 5 heteroatoms. The van der Waals surface area contributed by atoms with Crippen molar-refractivity contribution in [3.63, 3.8) is 0 Å². The summed E-state index contributed by atoms with van der Waals surface area (Å²) in [7, 11) is 1.39. The number of hydrogen-bond acceptors (Lipinski definition) is 5. The predicted octanol–water partition coefficient (Wildman–Crippen LogP) is 2.15. The van der Waals surface area contributed by atoms with Gasteiger partial charge in [-0.1, -0.05) is 30.3 Å². The molecule has 2 rings (SSSR count). The molecule has 0 amide bonds. The number of nitrogens with zero attached hydrogens (tertiary/aromatic N) is 1. The molecule has 1 aromatic rings. The minimum atomic E-state index is -0.206. The molecule has 0 bridgehead atoms. The maximum absolute atomic E-state index is 12.2. The molecule has 0 radical (unpaired) electrons. The number of methoxy groups -OCH3 is 1. The molecule has 1 saturated heterocycles. The second kappa shape index (κ2) is 8.54. The second-order valence-electron chi connectivity index (χ2n) is 5.47. The van der Waals surface area contributed by atoms with Gasteiger partial charge >= 0.3 is 11.9 Å². The average molecular weight is 305 g/mol. The van der Waals surface area contributed by atoms with E-state index >= 15 is 0 Å². The first-order valence-corrected chi connectivity index (χ1v) is 7.72. The van der Waals surface area contributed by atoms with Crippen LogP contribution in [0.2, 0.25) is 0 Å². The highest BCUT2D eigenvalue weighted by Gasteiger charge is 2.31. The van der Waals surface area contributed by atoms with E-state index in [-0.39, 0.29) is 18.0 Å². The zero-order chi connectivity index (χ0) is 15.8. The molecule has 1 heterocycles. The van der Waals surface area contributed by atoms with Crippen LogP contribution in [0.1, 0.15) is 31.2 Å². The number of benzene rings is 1. The van der Waals surface area contributed by atoms with Crippen molar-refractivity contribution in [3.05, 3.63) is 35.9 Å². The van der Waals surface area contributed by atoms with Crippen molar-refractivity contribution in [2.24, 2.45) is 0 Å². The Balaban J connectivity index is 1.76. The molecule has 5 nitrogen and oxygen atoms in total. The number of carbonyl (C=O) groups is 2. The minimum absolute atomic E-state index is 0.167. The molecule has 1 aliphatic rings. The molecule has 120 valence electrons. The van der Waals surface area contributed by atoms with E-state index in [1.54, 1.807) is 0 Å². The molecule has 0 aliphatic carbocycles. The summed E-state index contributed by atoms with van der Waals surface area (Å²) < 4.78 is 10.0. The summed E-state index contributed by atoms with van der Waals surface area (Å²) >= 11 is 0. The van der Waals surface area contributed by atoms with E-state index in [9.17, 15) is 9.59 Å². The lowest BCUT2D eigenvalue weighted by Crippen LogP contribution is -2.38. The number of ether oxygens (including phenoxy) is 2. The smallest absolute Gasteiger partial charge is 0.323 e. The van der Waals surface area contributed by atoms with Crippen molar-refractivity contribution in [2.75, 3.05) is 20.2 Å². The number of hydrogen-bond donors (Lipinski definition) is 0. The highest BCUT2D eigenvalue weighted by atomic mass is 16.5. The molecular formula is C17H23NO4. The van der Waals surface area contributed by atoms with Gasteiger partial charge in [0.25, 0.3) is 0 Å². The van der Waals surface area contributed by atoms with Crippen molar-refractivity contribution in [3.8, 4) is 0 Å². The summed E-state index contributed by atoms with van der Waals surface area (Å²) in [6.07, 6.45) is 2.91. The van der Waals surface area contributed by atoms with Crippen molar-refractivity contribution < 1.29 is 19.1 Å². The Bertz CT molecular complexity index is 489. The first-order valence-electron chi connectivity index (χ1n) is 7.72. The largest absolute Gasteiger partial charge is 0.469 e. The van der Waals surface area contributed by atoms with Crippen molar-refractivity contribution in [1.29, 1.82) is 0 Å². The van der Waals surface area contributed by atoms with E-state index in [1.807, 2.05) is 30.3 Å². The van der Waals surface area contributed by atoms with Crippen LogP contribution >= 0.6 is 0 Å². The summed E-state index contributed by atoms with van der Waals surface area (Å²) in [6, 6.07) is 9.49. The fourth-order valence-electron chi connectivity index (χ4n) is 2.71. The number of likely N-dealkylation sites (tertiary alicyclic amines) is 1. The average Bonchev–Trinajstić information content (AvgIpc) is 3.02. The van der Waals surface area contributed by atoms with Gasteiger partial charge < -0.3 is 9.47 Å². The normalized spacial score (nSPS) is 18.1. The molecule has 1 unspecified atom stereocenters. The molecule has 22 heavy (non-hydrogen) atoms. The van der Waals surface area contributed by atoms with E-state index in [2.05, 4.69) is 9.64 Å². The topological polar surface area (TPSA) is 55.8 Å². The van der Waals surface area contributed by atoms with Crippen LogP contribution in [0.15, 0.2) is 30.3 Å². The van der Waals surface area contributed by atoms with Gasteiger partial charge in [-0.15, -0.1) is 0 Å². The number of rotatable bonds is 7. The van der Waals surface area contributed by atoms with Gasteiger partial charge in [0.05, 0.1) is 7.11 Å². The molecule has 0 saturated carbocycles. The van der Waals surface area contributed by atoms with Crippen LogP contribution in [-0.4, -0.2) is 43.1 Å². The Morgan fingerprint density at radius 2 is 2.05 bits per heavy atom. The monoisotopic (exact) mass is 305 g/mol. The molecule has 0 N–H and O–H groups in total. The van der Waals surface area contributed by atoms with E-state index in [0.717, 1.165) is 31.5 Å². The molecule has 0 spiro atoms. The third-order valence-corrected chi connectivity index (χ3v) is 3.91. The highest BCUT2D eigenvalue weighted by Crippen LogP contribution is 2.19. The van der Waals surface area contributed by atoms with Crippen LogP contribution in [0.3, 0.4) is 0 Å². The van der Waals surface area contributed by atoms with Crippen LogP contribution in [0.25, 0.3) is 0 Å². The van der Waals surface area contributed by atoms with Crippen LogP contribution in [-0.2, 0) is 25.7 Å². The van der Waals surface area contributed by atoms with Gasteiger partial charge in [-0.2, -0.15) is 0 Å². The van der Waals surface area contributed by atoms with E-state index in [4.69, 9.17) is 4.74 Å². The standard InChI is InChI=1S/C17H23NO4/c1-21-16(19)10-6-12-18-11-5-9-15(18)17(20)22-13-14-7-3-2-4-8-14/h2-4,7-8,15H,5-6,9-13H2,1H3. The molecule has 0 aromatic heterocycles. The Kier molecular flexibility index (Phi) is 6.40. The predicted molar refractivity (Wildman–Crippen MR) is 82.1 cm³/mol. The van der Waals surface area contributed by atoms with Gasteiger partial charge in [0.15, 0.2) is 0 Å². The van der Waals surface area contributed by atoms with Crippen LogP contribution < -0.4 is 0 Å². The summed E-state index contributed by atoms with van der Waals surface area (Å²) in [5, 5.41) is 0. The van der Waals surface area contributed by atoms with E-state index in [1.165, 1.54) is 7.11 Å². The van der Waals surface area contributed by atoms with Gasteiger partial charge in [0.2, 0.25) is 0 Å². The summed E-state index contributed by atoms with van der Waals surface area (Å²) in [4.78, 5) is 25.5. The number of carbonyl (C=O) groups excluding carboxylic acids is 2. The SMILES string of the molecule is COC(=O)CCCN1CCCC1C(=O)OCc1ccccc1. The van der Waals surface area contributed by atoms with E-state index < -0.39 is 0 Å². The molecule has 1 aliphatic heterocycles. The van der Waals surface area contributed by atoms with Gasteiger partial charge in [0.1, 0.15) is 12.6 Å². The fraction of sp³-hybridized carbons (Fsp3) is 0.529. The lowest BCUT2D eigenvalue weighted by atomic mass is 10.2. The molecular weight excluding hydrogens is 282 g/mol. The zero-order valence-electron chi connectivity index (χ0n) is 13.0. The maximum atomic E-state index is 12.2. The third kappa shape index (κ3) is 4.84. The van der Waals surface area contributed by atoms with Crippen LogP contribution in [0.4, 0.5) is 0 Å². The van der Waals surface area contributed by atoms with Crippen LogP contribution in [0, 0.1) is 0 Å². The first-order chi connectivity index (χ1) is 10.7. The van der Waals surface area contributed by atoms with Crippen molar-refractivity contribution in [2.45, 2.75) is 38.3 Å². The van der Waals surface area contributed by atoms with E-state index in [0.29, 0.717) is 19.4 Å². The van der Waals surface area contributed by atoms with Gasteiger partial charge in [-0.25, -0.2) is 0 Å². The Hall–Kier alpha value is -1.88. The fourth-order valence-corrected chi connectivity index (χ4v) is 2.71. The highest BCUT2D eigenvalue weighted by molar-refractivity contribution is 5.76. The van der Waals surface area contributed by atoms with Gasteiger partial charge in [0, 0.05) is 6.42 Å². The Morgan fingerprint density at radius 3 is 2.77 bits per heavy atom. The molecule has 1 fully saturated rings. The van der Waals surface area contributed by atoms with Gasteiger partial charge in [-0.05, 0) is 37.9 Å². The molecule has 1 aromatic carbocycles. The minimum Gasteiger partial charge on any atom is -0.469 e. The van der Waals surface area contributed by atoms with Crippen LogP contribution in [0.5, 0.6) is 0 Å². The summed E-state index contributed by atoms with van der Waals surface area (Å²) in [5.74, 6) is -0.373. The Labute approximate surface area is 131 Å². The number of esters is 2. The lowest BCUT2D eigenvalue weighted by molar-refractivity contribution is -0.150. The first kappa shape index (κ1) is 16.5. The molecule has 1 atom stereocenters.